The van der Waals surface area contributed by atoms with E-state index in [1.165, 1.54) is 13.4 Å². The molecule has 0 saturated heterocycles. The lowest BCUT2D eigenvalue weighted by Crippen LogP contribution is -2.39. The van der Waals surface area contributed by atoms with E-state index in [1.807, 2.05) is 0 Å². The maximum absolute atomic E-state index is 11.6. The topological polar surface area (TPSA) is 109 Å². The van der Waals surface area contributed by atoms with Crippen molar-refractivity contribution in [3.8, 4) is 0 Å². The molecule has 0 amide bonds. The number of hydrogen-bond acceptors (Lipinski definition) is 6. The summed E-state index contributed by atoms with van der Waals surface area (Å²) in [7, 11) is -2.05. The predicted molar refractivity (Wildman–Crippen MR) is 59.3 cm³/mol. The van der Waals surface area contributed by atoms with Crippen LogP contribution in [0.3, 0.4) is 0 Å². The van der Waals surface area contributed by atoms with Gasteiger partial charge in [-0.3, -0.25) is 0 Å². The summed E-state index contributed by atoms with van der Waals surface area (Å²) in [5, 5.41) is 12.0. The van der Waals surface area contributed by atoms with Crippen molar-refractivity contribution in [3.05, 3.63) is 12.2 Å². The summed E-state index contributed by atoms with van der Waals surface area (Å²) in [4.78, 5) is 3.77. The van der Waals surface area contributed by atoms with E-state index >= 15 is 0 Å². The number of nitrogens with zero attached hydrogens (tertiary/aromatic N) is 3. The molecule has 0 aromatic carbocycles. The molecule has 0 aliphatic carbocycles. The first-order valence-electron chi connectivity index (χ1n) is 5.13. The van der Waals surface area contributed by atoms with E-state index < -0.39 is 10.2 Å². The van der Waals surface area contributed by atoms with Gasteiger partial charge >= 0.3 is 0 Å². The van der Waals surface area contributed by atoms with Gasteiger partial charge in [-0.25, -0.2) is 4.72 Å². The minimum absolute atomic E-state index is 0.0398. The van der Waals surface area contributed by atoms with Crippen molar-refractivity contribution in [2.45, 2.75) is 12.8 Å². The highest BCUT2D eigenvalue weighted by Crippen LogP contribution is 1.97. The number of aromatic nitrogens is 2. The number of aliphatic hydroxyl groups excluding tert-OH is 1. The van der Waals surface area contributed by atoms with Crippen LogP contribution in [0.5, 0.6) is 0 Å². The zero-order valence-electron chi connectivity index (χ0n) is 9.53. The van der Waals surface area contributed by atoms with E-state index in [1.54, 1.807) is 0 Å². The Morgan fingerprint density at radius 2 is 2.35 bits per heavy atom. The number of rotatable bonds is 8. The second kappa shape index (κ2) is 6.64. The van der Waals surface area contributed by atoms with Gasteiger partial charge in [0.15, 0.2) is 6.33 Å². The van der Waals surface area contributed by atoms with Crippen LogP contribution in [-0.4, -0.2) is 54.7 Å². The molecule has 0 saturated carbocycles. The van der Waals surface area contributed by atoms with E-state index in [0.29, 0.717) is 18.7 Å². The van der Waals surface area contributed by atoms with Gasteiger partial charge in [-0.05, 0) is 6.42 Å². The predicted octanol–water partition coefficient (Wildman–Crippen LogP) is -1.24. The van der Waals surface area contributed by atoms with Gasteiger partial charge in [0.05, 0.1) is 0 Å². The Hall–Kier alpha value is -1.03. The first kappa shape index (κ1) is 14.0. The fourth-order valence-electron chi connectivity index (χ4n) is 1.12. The molecular formula is C8H16N4O4S. The van der Waals surface area contributed by atoms with Gasteiger partial charge in [0.1, 0.15) is 0 Å². The lowest BCUT2D eigenvalue weighted by atomic mass is 10.4. The third-order valence-electron chi connectivity index (χ3n) is 2.07. The quantitative estimate of drug-likeness (QED) is 0.608. The minimum Gasteiger partial charge on any atom is -0.396 e. The minimum atomic E-state index is -3.50. The molecule has 0 radical (unpaired) electrons. The lowest BCUT2D eigenvalue weighted by molar-refractivity contribution is 0.275. The Labute approximate surface area is 99.8 Å². The van der Waals surface area contributed by atoms with E-state index in [9.17, 15) is 8.42 Å². The van der Waals surface area contributed by atoms with Crippen LogP contribution in [0.4, 0.5) is 0 Å². The second-order valence-corrected chi connectivity index (χ2v) is 5.25. The number of aliphatic hydroxyl groups is 1. The fourth-order valence-corrected chi connectivity index (χ4v) is 2.07. The molecule has 0 unspecified atom stereocenters. The summed E-state index contributed by atoms with van der Waals surface area (Å²) >= 11 is 0. The first-order chi connectivity index (χ1) is 8.06. The van der Waals surface area contributed by atoms with Crippen molar-refractivity contribution in [1.29, 1.82) is 0 Å². The van der Waals surface area contributed by atoms with Gasteiger partial charge in [-0.15, -0.1) is 0 Å². The third kappa shape index (κ3) is 4.77. The average Bonchev–Trinajstić information content (AvgIpc) is 2.78. The van der Waals surface area contributed by atoms with Gasteiger partial charge in [0, 0.05) is 33.2 Å². The third-order valence-corrected chi connectivity index (χ3v) is 3.64. The van der Waals surface area contributed by atoms with Crippen LogP contribution in [-0.2, 0) is 16.6 Å². The van der Waals surface area contributed by atoms with Crippen molar-refractivity contribution in [2.75, 3.05) is 26.7 Å². The van der Waals surface area contributed by atoms with Crippen molar-refractivity contribution < 1.29 is 18.0 Å². The standard InChI is InChI=1S/C8H16N4O4S/c1-12(5-2-6-13)17(14,15)11-4-3-8-9-7-10-16-8/h7,11,13H,2-6H2,1H3. The molecule has 1 rings (SSSR count). The zero-order valence-corrected chi connectivity index (χ0v) is 10.4. The summed E-state index contributed by atoms with van der Waals surface area (Å²) in [6.45, 7) is 0.419. The molecule has 0 fully saturated rings. The molecule has 0 bridgehead atoms. The fraction of sp³-hybridized carbons (Fsp3) is 0.750. The van der Waals surface area contributed by atoms with Crippen molar-refractivity contribution in [3.63, 3.8) is 0 Å². The second-order valence-electron chi connectivity index (χ2n) is 3.38. The Morgan fingerprint density at radius 1 is 1.59 bits per heavy atom. The highest BCUT2D eigenvalue weighted by molar-refractivity contribution is 7.87. The molecular weight excluding hydrogens is 248 g/mol. The summed E-state index contributed by atoms with van der Waals surface area (Å²) in [6.07, 6.45) is 2.01. The molecule has 98 valence electrons. The smallest absolute Gasteiger partial charge is 0.279 e. The summed E-state index contributed by atoms with van der Waals surface area (Å²) < 4.78 is 31.5. The molecule has 1 aromatic heterocycles. The Balaban J connectivity index is 2.33. The molecule has 9 heteroatoms. The first-order valence-corrected chi connectivity index (χ1v) is 6.57. The summed E-state index contributed by atoms with van der Waals surface area (Å²) in [6, 6.07) is 0. The summed E-state index contributed by atoms with van der Waals surface area (Å²) in [5.41, 5.74) is 0. The molecule has 8 nitrogen and oxygen atoms in total. The van der Waals surface area contributed by atoms with Gasteiger partial charge in [0.25, 0.3) is 10.2 Å². The molecule has 17 heavy (non-hydrogen) atoms. The molecule has 0 aliphatic heterocycles. The van der Waals surface area contributed by atoms with Gasteiger partial charge in [-0.1, -0.05) is 5.16 Å². The highest BCUT2D eigenvalue weighted by Gasteiger charge is 2.16. The molecule has 1 aromatic rings. The van der Waals surface area contributed by atoms with Gasteiger partial charge in [-0.2, -0.15) is 17.7 Å². The Morgan fingerprint density at radius 3 is 2.94 bits per heavy atom. The Bertz CT molecular complexity index is 405. The highest BCUT2D eigenvalue weighted by atomic mass is 32.2. The van der Waals surface area contributed by atoms with Crippen LogP contribution in [0.15, 0.2) is 10.9 Å². The van der Waals surface area contributed by atoms with Crippen LogP contribution in [0.25, 0.3) is 0 Å². The monoisotopic (exact) mass is 264 g/mol. The maximum Gasteiger partial charge on any atom is 0.279 e. The van der Waals surface area contributed by atoms with Crippen LogP contribution in [0.1, 0.15) is 12.3 Å². The zero-order chi connectivity index (χ0) is 12.7. The average molecular weight is 264 g/mol. The SMILES string of the molecule is CN(CCCO)S(=O)(=O)NCCc1ncno1. The molecule has 0 atom stereocenters. The van der Waals surface area contributed by atoms with E-state index in [0.717, 1.165) is 4.31 Å². The largest absolute Gasteiger partial charge is 0.396 e. The van der Waals surface area contributed by atoms with Crippen LogP contribution < -0.4 is 4.72 Å². The van der Waals surface area contributed by atoms with E-state index in [-0.39, 0.29) is 19.7 Å². The van der Waals surface area contributed by atoms with Crippen LogP contribution in [0, 0.1) is 0 Å². The molecule has 2 N–H and O–H groups in total. The van der Waals surface area contributed by atoms with Crippen molar-refractivity contribution in [2.24, 2.45) is 0 Å². The van der Waals surface area contributed by atoms with Crippen LogP contribution in [0.2, 0.25) is 0 Å². The van der Waals surface area contributed by atoms with Gasteiger partial charge < -0.3 is 9.63 Å². The van der Waals surface area contributed by atoms with Gasteiger partial charge in [0.2, 0.25) is 5.89 Å². The molecule has 0 spiro atoms. The molecule has 0 aliphatic rings. The maximum atomic E-state index is 11.6. The number of nitrogens with one attached hydrogen (secondary N) is 1. The summed E-state index contributed by atoms with van der Waals surface area (Å²) in [5.74, 6) is 0.380. The Kier molecular flexibility index (Phi) is 5.48. The van der Waals surface area contributed by atoms with Crippen molar-refractivity contribution >= 4 is 10.2 Å². The van der Waals surface area contributed by atoms with Crippen LogP contribution >= 0.6 is 0 Å². The lowest BCUT2D eigenvalue weighted by Gasteiger charge is -2.16. The number of hydrogen-bond donors (Lipinski definition) is 2. The van der Waals surface area contributed by atoms with Crippen molar-refractivity contribution in [1.82, 2.24) is 19.2 Å². The van der Waals surface area contributed by atoms with E-state index in [4.69, 9.17) is 9.63 Å². The van der Waals surface area contributed by atoms with E-state index in [2.05, 4.69) is 14.9 Å². The normalized spacial score (nSPS) is 12.2. The molecule has 1 heterocycles.